The van der Waals surface area contributed by atoms with Crippen molar-refractivity contribution in [3.05, 3.63) is 20.9 Å². The zero-order valence-electron chi connectivity index (χ0n) is 16.5. The van der Waals surface area contributed by atoms with Crippen LogP contribution in [0.1, 0.15) is 39.5 Å². The monoisotopic (exact) mass is 398 g/mol. The Morgan fingerprint density at radius 1 is 0.857 bits per heavy atom. The Balaban J connectivity index is 3.60. The number of nitrogens with zero attached hydrogens (tertiary/aromatic N) is 6. The molecule has 0 aliphatic heterocycles. The Bertz CT molecular complexity index is 499. The third-order valence-electron chi connectivity index (χ3n) is 3.37. The smallest absolute Gasteiger partial charge is 0.220 e. The maximum absolute atomic E-state index is 11.6. The molecule has 0 saturated heterocycles. The molecule has 0 aliphatic rings. The largest absolute Gasteiger partial charge is 0.377 e. The van der Waals surface area contributed by atoms with Gasteiger partial charge in [0.1, 0.15) is 0 Å². The van der Waals surface area contributed by atoms with Gasteiger partial charge >= 0.3 is 0 Å². The molecule has 158 valence electrons. The van der Waals surface area contributed by atoms with E-state index in [9.17, 15) is 9.59 Å². The average Bonchev–Trinajstić information content (AvgIpc) is 2.65. The van der Waals surface area contributed by atoms with Crippen LogP contribution in [0.2, 0.25) is 0 Å². The van der Waals surface area contributed by atoms with Crippen LogP contribution >= 0.6 is 0 Å². The van der Waals surface area contributed by atoms with Gasteiger partial charge in [-0.2, -0.15) is 0 Å². The molecule has 2 amide bonds. The Morgan fingerprint density at radius 2 is 1.25 bits per heavy atom. The predicted octanol–water partition coefficient (Wildman–Crippen LogP) is 2.21. The lowest BCUT2D eigenvalue weighted by molar-refractivity contribution is -0.123. The molecule has 28 heavy (non-hydrogen) atoms. The topological polar surface area (TPSA) is 174 Å². The third kappa shape index (κ3) is 16.9. The number of carbonyl (C=O) groups is 2. The van der Waals surface area contributed by atoms with Crippen molar-refractivity contribution in [3.8, 4) is 0 Å². The van der Waals surface area contributed by atoms with Gasteiger partial charge in [-0.3, -0.25) is 9.59 Å². The summed E-state index contributed by atoms with van der Waals surface area (Å²) in [6.45, 7) is 5.78. The highest BCUT2D eigenvalue weighted by Crippen LogP contribution is 1.94. The maximum Gasteiger partial charge on any atom is 0.220 e. The van der Waals surface area contributed by atoms with Crippen molar-refractivity contribution in [2.45, 2.75) is 51.6 Å². The Hall–Kier alpha value is -2.52. The summed E-state index contributed by atoms with van der Waals surface area (Å²) in [5.74, 6) is -0.214. The van der Waals surface area contributed by atoms with Crippen LogP contribution in [0.15, 0.2) is 10.2 Å². The van der Waals surface area contributed by atoms with E-state index in [4.69, 9.17) is 20.5 Å². The van der Waals surface area contributed by atoms with Gasteiger partial charge in [0.15, 0.2) is 0 Å². The zero-order chi connectivity index (χ0) is 21.0. The number of hydrogen-bond donors (Lipinski definition) is 2. The zero-order valence-corrected chi connectivity index (χ0v) is 16.5. The molecule has 12 nitrogen and oxygen atoms in total. The molecular formula is C16H30N8O4. The van der Waals surface area contributed by atoms with Crippen molar-refractivity contribution in [2.75, 3.05) is 39.5 Å². The molecule has 0 heterocycles. The van der Waals surface area contributed by atoms with Crippen LogP contribution in [-0.2, 0) is 19.1 Å². The molecule has 2 N–H and O–H groups in total. The standard InChI is InChI=1S/C16H30N8O4/c1-13(21-15(25)5-3-7-19-23-17)11-27-9-10-28-12-14(2)22-16(26)6-4-8-20-24-18/h13-14H,3-12H2,1-2H3,(H,21,25)(H,22,26). The lowest BCUT2D eigenvalue weighted by atomic mass is 10.2. The first-order chi connectivity index (χ1) is 13.5. The molecular weight excluding hydrogens is 368 g/mol. The van der Waals surface area contributed by atoms with Crippen molar-refractivity contribution in [1.29, 1.82) is 0 Å². The van der Waals surface area contributed by atoms with E-state index < -0.39 is 0 Å². The van der Waals surface area contributed by atoms with Gasteiger partial charge < -0.3 is 20.1 Å². The van der Waals surface area contributed by atoms with Gasteiger partial charge in [-0.05, 0) is 37.8 Å². The molecule has 2 unspecified atom stereocenters. The first kappa shape index (κ1) is 25.5. The van der Waals surface area contributed by atoms with Gasteiger partial charge in [0.2, 0.25) is 11.8 Å². The highest BCUT2D eigenvalue weighted by Gasteiger charge is 2.08. The summed E-state index contributed by atoms with van der Waals surface area (Å²) in [4.78, 5) is 28.5. The Kier molecular flexibility index (Phi) is 16.3. The molecule has 0 aromatic heterocycles. The summed E-state index contributed by atoms with van der Waals surface area (Å²) in [5, 5.41) is 12.3. The van der Waals surface area contributed by atoms with Crippen LogP contribution in [-0.4, -0.2) is 63.4 Å². The Morgan fingerprint density at radius 3 is 1.61 bits per heavy atom. The lowest BCUT2D eigenvalue weighted by Gasteiger charge is -2.16. The minimum atomic E-state index is -0.129. The average molecular weight is 398 g/mol. The van der Waals surface area contributed by atoms with E-state index in [1.807, 2.05) is 13.8 Å². The number of rotatable bonds is 17. The van der Waals surface area contributed by atoms with Crippen molar-refractivity contribution in [3.63, 3.8) is 0 Å². The van der Waals surface area contributed by atoms with E-state index in [2.05, 4.69) is 30.7 Å². The molecule has 0 aliphatic carbocycles. The van der Waals surface area contributed by atoms with Crippen LogP contribution < -0.4 is 10.6 Å². The first-order valence-electron chi connectivity index (χ1n) is 9.25. The summed E-state index contributed by atoms with van der Waals surface area (Å²) >= 11 is 0. The predicted molar refractivity (Wildman–Crippen MR) is 103 cm³/mol. The van der Waals surface area contributed by atoms with Crippen LogP contribution in [0.4, 0.5) is 0 Å². The fourth-order valence-corrected chi connectivity index (χ4v) is 2.13. The minimum Gasteiger partial charge on any atom is -0.377 e. The van der Waals surface area contributed by atoms with Gasteiger partial charge in [0.05, 0.1) is 26.4 Å². The second kappa shape index (κ2) is 17.9. The molecule has 0 bridgehead atoms. The van der Waals surface area contributed by atoms with Crippen LogP contribution in [0.3, 0.4) is 0 Å². The number of azide groups is 2. The maximum atomic E-state index is 11.6. The van der Waals surface area contributed by atoms with Crippen LogP contribution in [0.5, 0.6) is 0 Å². The second-order valence-electron chi connectivity index (χ2n) is 6.20. The molecule has 0 spiro atoms. The quantitative estimate of drug-likeness (QED) is 0.165. The first-order valence-corrected chi connectivity index (χ1v) is 9.25. The van der Waals surface area contributed by atoms with Gasteiger partial charge in [0, 0.05) is 47.8 Å². The van der Waals surface area contributed by atoms with Gasteiger partial charge in [0.25, 0.3) is 0 Å². The van der Waals surface area contributed by atoms with Gasteiger partial charge in [-0.25, -0.2) is 0 Å². The van der Waals surface area contributed by atoms with E-state index in [0.29, 0.717) is 65.2 Å². The third-order valence-corrected chi connectivity index (χ3v) is 3.37. The van der Waals surface area contributed by atoms with E-state index in [0.717, 1.165) is 0 Å². The highest BCUT2D eigenvalue weighted by atomic mass is 16.5. The summed E-state index contributed by atoms with van der Waals surface area (Å²) in [7, 11) is 0. The van der Waals surface area contributed by atoms with Crippen LogP contribution in [0, 0.1) is 0 Å². The van der Waals surface area contributed by atoms with Crippen molar-refractivity contribution in [1.82, 2.24) is 10.6 Å². The van der Waals surface area contributed by atoms with Crippen molar-refractivity contribution in [2.24, 2.45) is 10.2 Å². The molecule has 0 radical (unpaired) electrons. The highest BCUT2D eigenvalue weighted by molar-refractivity contribution is 5.76. The van der Waals surface area contributed by atoms with E-state index in [1.165, 1.54) is 0 Å². The second-order valence-corrected chi connectivity index (χ2v) is 6.20. The fourth-order valence-electron chi connectivity index (χ4n) is 2.13. The number of amides is 2. The summed E-state index contributed by atoms with van der Waals surface area (Å²) < 4.78 is 10.9. The number of ether oxygens (including phenoxy) is 2. The van der Waals surface area contributed by atoms with Gasteiger partial charge in [-0.15, -0.1) is 0 Å². The lowest BCUT2D eigenvalue weighted by Crippen LogP contribution is -2.37. The molecule has 0 saturated carbocycles. The molecule has 0 fully saturated rings. The van der Waals surface area contributed by atoms with Crippen molar-refractivity contribution < 1.29 is 19.1 Å². The number of carbonyl (C=O) groups excluding carboxylic acids is 2. The summed E-state index contributed by atoms with van der Waals surface area (Å²) in [5.41, 5.74) is 16.3. The molecule has 2 atom stereocenters. The normalized spacial score (nSPS) is 12.2. The van der Waals surface area contributed by atoms with E-state index >= 15 is 0 Å². The molecule has 0 aromatic carbocycles. The van der Waals surface area contributed by atoms with Gasteiger partial charge in [-0.1, -0.05) is 10.2 Å². The van der Waals surface area contributed by atoms with E-state index in [-0.39, 0.29) is 23.9 Å². The minimum absolute atomic E-state index is 0.107. The van der Waals surface area contributed by atoms with Crippen LogP contribution in [0.25, 0.3) is 20.9 Å². The summed E-state index contributed by atoms with van der Waals surface area (Å²) in [6.07, 6.45) is 1.64. The number of hydrogen-bond acceptors (Lipinski definition) is 6. The Labute approximate surface area is 164 Å². The van der Waals surface area contributed by atoms with E-state index in [1.54, 1.807) is 0 Å². The summed E-state index contributed by atoms with van der Waals surface area (Å²) in [6, 6.07) is -0.258. The molecule has 0 rings (SSSR count). The van der Waals surface area contributed by atoms with Crippen molar-refractivity contribution >= 4 is 11.8 Å². The molecule has 0 aromatic rings. The SMILES string of the molecule is CC(COCCOCC(C)NC(=O)CCCN=[N+]=[N-])NC(=O)CCCN=[N+]=[N-]. The number of nitrogens with one attached hydrogen (secondary N) is 2. The molecule has 12 heteroatoms. The fraction of sp³-hybridized carbons (Fsp3) is 0.875.